The van der Waals surface area contributed by atoms with Crippen molar-refractivity contribution < 1.29 is 59.7 Å². The molecule has 0 radical (unpaired) electrons. The van der Waals surface area contributed by atoms with Crippen LogP contribution in [0.1, 0.15) is 0 Å². The average molecular weight is 918 g/mol. The summed E-state index contributed by atoms with van der Waals surface area (Å²) >= 11 is 0. The van der Waals surface area contributed by atoms with Crippen molar-refractivity contribution in [1.29, 1.82) is 0 Å². The summed E-state index contributed by atoms with van der Waals surface area (Å²) in [5.41, 5.74) is 3.35. The van der Waals surface area contributed by atoms with Crippen LogP contribution < -0.4 is 9.47 Å². The molecule has 49 heavy (non-hydrogen) atoms. The maximum atomic E-state index is 15.6. The summed E-state index contributed by atoms with van der Waals surface area (Å²) in [7, 11) is 0. The van der Waals surface area contributed by atoms with Gasteiger partial charge in [-0.3, -0.25) is 8.78 Å². The van der Waals surface area contributed by atoms with E-state index >= 15 is 8.78 Å². The van der Waals surface area contributed by atoms with Gasteiger partial charge in [-0.05, 0) is 23.5 Å². The molecule has 0 spiro atoms. The molecule has 4 heterocycles. The van der Waals surface area contributed by atoms with Gasteiger partial charge in [0.15, 0.2) is 0 Å². The summed E-state index contributed by atoms with van der Waals surface area (Å²) < 4.78 is 44.7. The summed E-state index contributed by atoms with van der Waals surface area (Å²) in [6.45, 7) is 0. The van der Waals surface area contributed by atoms with E-state index in [9.17, 15) is 0 Å². The maximum Gasteiger partial charge on any atom is 2.00 e. The number of hydrogen-bond acceptors (Lipinski definition) is 7. The number of aromatic nitrogens is 6. The van der Waals surface area contributed by atoms with Gasteiger partial charge in [0, 0.05) is 47.0 Å². The molecule has 0 fully saturated rings. The first-order chi connectivity index (χ1) is 23.1. The van der Waals surface area contributed by atoms with E-state index in [0.717, 1.165) is 0 Å². The molecule has 0 saturated heterocycles. The summed E-state index contributed by atoms with van der Waals surface area (Å²) in [6.07, 6.45) is 5.98. The van der Waals surface area contributed by atoms with Crippen molar-refractivity contribution >= 4 is 21.8 Å². The summed E-state index contributed by atoms with van der Waals surface area (Å²) in [6, 6.07) is 36.3. The van der Waals surface area contributed by atoms with Gasteiger partial charge in [0.25, 0.3) is 0 Å². The molecule has 0 amide bonds. The third-order valence-corrected chi connectivity index (χ3v) is 7.21. The number of rotatable bonds is 7. The van der Waals surface area contributed by atoms with Crippen molar-refractivity contribution in [2.75, 3.05) is 0 Å². The zero-order valence-corrected chi connectivity index (χ0v) is 28.6. The predicted octanol–water partition coefficient (Wildman–Crippen LogP) is 8.15. The van der Waals surface area contributed by atoms with E-state index in [2.05, 4.69) is 49.2 Å². The summed E-state index contributed by atoms with van der Waals surface area (Å²) in [4.78, 5) is 21.2. The SMILES string of the molecule is Fc1cc2c3cc(F)c(Oc4[c-]c(-c5ccccn5)ccc4)[c-]c3n(-c3ncncn3)c2[c-]c1Oc1[c-]c(-c2ccccn2)ccc1.[Pd+2].[Pt+2]. The molecule has 4 aromatic heterocycles. The second kappa shape index (κ2) is 14.5. The van der Waals surface area contributed by atoms with Crippen molar-refractivity contribution in [3.63, 3.8) is 0 Å². The molecule has 8 rings (SSSR count). The molecule has 0 unspecified atom stereocenters. The topological polar surface area (TPSA) is 87.8 Å². The summed E-state index contributed by atoms with van der Waals surface area (Å²) in [5, 5.41) is 0.670. The van der Waals surface area contributed by atoms with Crippen LogP contribution in [0.5, 0.6) is 23.0 Å². The molecule has 0 aliphatic carbocycles. The van der Waals surface area contributed by atoms with Crippen LogP contribution in [0.4, 0.5) is 8.78 Å². The largest absolute Gasteiger partial charge is 2.00 e. The molecule has 8 aromatic rings. The average Bonchev–Trinajstić information content (AvgIpc) is 3.41. The van der Waals surface area contributed by atoms with E-state index in [1.165, 1.54) is 24.8 Å². The predicted molar refractivity (Wildman–Crippen MR) is 169 cm³/mol. The number of halogens is 2. The fraction of sp³-hybridized carbons (Fsp3) is 0. The van der Waals surface area contributed by atoms with Gasteiger partial charge in [-0.2, -0.15) is 10.8 Å². The molecule has 8 nitrogen and oxygen atoms in total. The molecule has 0 saturated carbocycles. The van der Waals surface area contributed by atoms with Gasteiger partial charge in [-0.15, -0.1) is 71.8 Å². The summed E-state index contributed by atoms with van der Waals surface area (Å²) in [5.74, 6) is -1.16. The van der Waals surface area contributed by atoms with Gasteiger partial charge in [-0.1, -0.05) is 47.4 Å². The Balaban J connectivity index is 0.00000208. The van der Waals surface area contributed by atoms with E-state index in [1.54, 1.807) is 41.2 Å². The quantitative estimate of drug-likeness (QED) is 0.118. The van der Waals surface area contributed by atoms with Crippen molar-refractivity contribution in [2.24, 2.45) is 0 Å². The van der Waals surface area contributed by atoms with Gasteiger partial charge in [0.2, 0.25) is 5.95 Å². The standard InChI is InChI=1S/C37H18F2N6O2.Pd.Pt/c38-29-17-27-28-18-30(39)36(47-26-10-6-8-24(16-26)32-12-2-4-14-42-32)20-34(28)45(37-43-21-40-22-44-37)33(27)19-35(29)46-25-9-5-7-23(15-25)31-11-1-3-13-41-31;;/h1-14,17-18,21-22H;;/q-4;2*+2. The van der Waals surface area contributed by atoms with Crippen LogP contribution in [-0.2, 0) is 41.5 Å². The molecular formula is C37H18F2N6O2PdPt. The monoisotopic (exact) mass is 917 g/mol. The zero-order chi connectivity index (χ0) is 31.7. The second-order valence-electron chi connectivity index (χ2n) is 10.2. The first kappa shape index (κ1) is 33.7. The van der Waals surface area contributed by atoms with Crippen molar-refractivity contribution in [2.45, 2.75) is 0 Å². The molecule has 12 heteroatoms. The molecule has 0 atom stereocenters. The number of hydrogen-bond donors (Lipinski definition) is 0. The van der Waals surface area contributed by atoms with Crippen LogP contribution in [0.15, 0.2) is 110 Å². The molecule has 0 bridgehead atoms. The van der Waals surface area contributed by atoms with E-state index in [4.69, 9.17) is 9.47 Å². The molecular weight excluding hydrogens is 900 g/mol. The van der Waals surface area contributed by atoms with Gasteiger partial charge >= 0.3 is 41.5 Å². The molecule has 4 aromatic carbocycles. The second-order valence-corrected chi connectivity index (χ2v) is 10.2. The number of pyridine rings is 2. The Bertz CT molecular complexity index is 2250. The van der Waals surface area contributed by atoms with E-state index in [1.807, 2.05) is 48.5 Å². The minimum absolute atomic E-state index is 0. The third kappa shape index (κ3) is 6.74. The van der Waals surface area contributed by atoms with Crippen molar-refractivity contribution in [3.8, 4) is 51.5 Å². The Kier molecular flexibility index (Phi) is 9.97. The van der Waals surface area contributed by atoms with Crippen LogP contribution in [0.2, 0.25) is 0 Å². The normalized spacial score (nSPS) is 10.7. The number of benzene rings is 4. The zero-order valence-electron chi connectivity index (χ0n) is 24.8. The van der Waals surface area contributed by atoms with E-state index in [-0.39, 0.29) is 70.4 Å². The van der Waals surface area contributed by atoms with Crippen LogP contribution in [0.25, 0.3) is 50.3 Å². The van der Waals surface area contributed by atoms with E-state index in [0.29, 0.717) is 44.3 Å². The fourth-order valence-electron chi connectivity index (χ4n) is 5.14. The minimum atomic E-state index is -0.717. The van der Waals surface area contributed by atoms with Gasteiger partial charge in [0.05, 0.1) is 0 Å². The molecule has 242 valence electrons. The third-order valence-electron chi connectivity index (χ3n) is 7.21. The fourth-order valence-corrected chi connectivity index (χ4v) is 5.14. The Morgan fingerprint density at radius 3 is 1.51 bits per heavy atom. The van der Waals surface area contributed by atoms with Crippen molar-refractivity contribution in [3.05, 3.63) is 146 Å². The number of nitrogens with zero attached hydrogens (tertiary/aromatic N) is 6. The van der Waals surface area contributed by atoms with Crippen molar-refractivity contribution in [1.82, 2.24) is 29.5 Å². The Labute approximate surface area is 306 Å². The van der Waals surface area contributed by atoms with E-state index < -0.39 is 11.6 Å². The molecule has 0 N–H and O–H groups in total. The van der Waals surface area contributed by atoms with Crippen LogP contribution in [-0.4, -0.2) is 29.5 Å². The number of fused-ring (bicyclic) bond motifs is 3. The Morgan fingerprint density at radius 2 is 1.06 bits per heavy atom. The van der Waals surface area contributed by atoms with Gasteiger partial charge in [0.1, 0.15) is 12.7 Å². The smallest absolute Gasteiger partial charge is 0.500 e. The van der Waals surface area contributed by atoms with Crippen LogP contribution >= 0.6 is 0 Å². The van der Waals surface area contributed by atoms with Crippen LogP contribution in [0, 0.1) is 35.9 Å². The van der Waals surface area contributed by atoms with Gasteiger partial charge < -0.3 is 24.0 Å². The first-order valence-corrected chi connectivity index (χ1v) is 14.3. The maximum absolute atomic E-state index is 15.6. The Morgan fingerprint density at radius 1 is 0.571 bits per heavy atom. The first-order valence-electron chi connectivity index (χ1n) is 14.3. The molecule has 0 aliphatic rings. The van der Waals surface area contributed by atoms with Gasteiger partial charge in [-0.25, -0.2) is 15.0 Å². The molecule has 0 aliphatic heterocycles. The minimum Gasteiger partial charge on any atom is -0.500 e. The Hall–Kier alpha value is -5.20. The van der Waals surface area contributed by atoms with Crippen LogP contribution in [0.3, 0.4) is 0 Å². The number of ether oxygens (including phenoxy) is 2.